The van der Waals surface area contributed by atoms with E-state index < -0.39 is 0 Å². The van der Waals surface area contributed by atoms with E-state index in [-0.39, 0.29) is 35.3 Å². The van der Waals surface area contributed by atoms with Crippen molar-refractivity contribution in [3.05, 3.63) is 35.9 Å². The maximum atomic E-state index is 12.2. The van der Waals surface area contributed by atoms with Crippen LogP contribution in [0, 0.1) is 5.92 Å². The van der Waals surface area contributed by atoms with Crippen LogP contribution in [-0.4, -0.2) is 58.8 Å². The van der Waals surface area contributed by atoms with Crippen LogP contribution in [0.15, 0.2) is 30.3 Å². The normalized spacial score (nSPS) is 21.5. The SMILES string of the molecule is O=C(NCCN1C(=O)CSC1=O)C1CCN(Cc2ccccc2)C1. The molecule has 0 bridgehead atoms. The van der Waals surface area contributed by atoms with Crippen molar-refractivity contribution in [1.29, 1.82) is 0 Å². The van der Waals surface area contributed by atoms with E-state index >= 15 is 0 Å². The lowest BCUT2D eigenvalue weighted by molar-refractivity contribution is -0.127. The summed E-state index contributed by atoms with van der Waals surface area (Å²) in [6.45, 7) is 3.10. The Morgan fingerprint density at radius 3 is 2.75 bits per heavy atom. The topological polar surface area (TPSA) is 69.7 Å². The van der Waals surface area contributed by atoms with Gasteiger partial charge in [0, 0.05) is 26.2 Å². The molecular weight excluding hydrogens is 326 g/mol. The molecule has 0 radical (unpaired) electrons. The average Bonchev–Trinajstić information content (AvgIpc) is 3.17. The van der Waals surface area contributed by atoms with Gasteiger partial charge in [-0.05, 0) is 18.5 Å². The number of likely N-dealkylation sites (tertiary alicyclic amines) is 1. The van der Waals surface area contributed by atoms with Gasteiger partial charge in [0.25, 0.3) is 5.24 Å². The van der Waals surface area contributed by atoms with Gasteiger partial charge in [-0.1, -0.05) is 42.1 Å². The van der Waals surface area contributed by atoms with Crippen molar-refractivity contribution in [3.63, 3.8) is 0 Å². The molecule has 128 valence electrons. The molecule has 2 aliphatic heterocycles. The molecule has 3 amide bonds. The molecule has 3 rings (SSSR count). The molecule has 1 atom stereocenters. The molecule has 2 aliphatic rings. The standard InChI is InChI=1S/C17H21N3O3S/c21-15-12-24-17(23)20(15)9-7-18-16(22)14-6-8-19(11-14)10-13-4-2-1-3-5-13/h1-5,14H,6-12H2,(H,18,22). The molecule has 0 aliphatic carbocycles. The number of hydrogen-bond acceptors (Lipinski definition) is 5. The highest BCUT2D eigenvalue weighted by Crippen LogP contribution is 2.19. The van der Waals surface area contributed by atoms with Crippen LogP contribution >= 0.6 is 11.8 Å². The maximum Gasteiger partial charge on any atom is 0.288 e. The summed E-state index contributed by atoms with van der Waals surface area (Å²) in [5, 5.41) is 2.64. The third kappa shape index (κ3) is 4.15. The lowest BCUT2D eigenvalue weighted by Crippen LogP contribution is -2.40. The van der Waals surface area contributed by atoms with Gasteiger partial charge in [-0.3, -0.25) is 24.2 Å². The number of carbonyl (C=O) groups is 3. The van der Waals surface area contributed by atoms with Gasteiger partial charge >= 0.3 is 0 Å². The van der Waals surface area contributed by atoms with E-state index in [4.69, 9.17) is 0 Å². The van der Waals surface area contributed by atoms with Crippen molar-refractivity contribution in [1.82, 2.24) is 15.1 Å². The molecule has 1 N–H and O–H groups in total. The second kappa shape index (κ2) is 7.81. The largest absolute Gasteiger partial charge is 0.354 e. The van der Waals surface area contributed by atoms with Crippen molar-refractivity contribution in [2.45, 2.75) is 13.0 Å². The number of nitrogens with zero attached hydrogens (tertiary/aromatic N) is 2. The van der Waals surface area contributed by atoms with E-state index in [0.29, 0.717) is 6.54 Å². The van der Waals surface area contributed by atoms with Gasteiger partial charge in [-0.15, -0.1) is 0 Å². The molecule has 1 aromatic carbocycles. The number of hydrogen-bond donors (Lipinski definition) is 1. The van der Waals surface area contributed by atoms with Gasteiger partial charge in [-0.2, -0.15) is 0 Å². The third-order valence-corrected chi connectivity index (χ3v) is 5.23. The zero-order valence-corrected chi connectivity index (χ0v) is 14.3. The van der Waals surface area contributed by atoms with Crippen LogP contribution in [0.2, 0.25) is 0 Å². The van der Waals surface area contributed by atoms with Crippen LogP contribution < -0.4 is 5.32 Å². The van der Waals surface area contributed by atoms with Gasteiger partial charge in [0.2, 0.25) is 11.8 Å². The van der Waals surface area contributed by atoms with Crippen molar-refractivity contribution < 1.29 is 14.4 Å². The van der Waals surface area contributed by atoms with E-state index in [0.717, 1.165) is 37.8 Å². The highest BCUT2D eigenvalue weighted by molar-refractivity contribution is 8.14. The highest BCUT2D eigenvalue weighted by Gasteiger charge is 2.31. The Balaban J connectivity index is 1.40. The summed E-state index contributed by atoms with van der Waals surface area (Å²) < 4.78 is 0. The zero-order chi connectivity index (χ0) is 16.9. The fraction of sp³-hybridized carbons (Fsp3) is 0.471. The van der Waals surface area contributed by atoms with Crippen LogP contribution in [-0.2, 0) is 16.1 Å². The summed E-state index contributed by atoms with van der Waals surface area (Å²) in [6.07, 6.45) is 0.843. The molecule has 0 spiro atoms. The lowest BCUT2D eigenvalue weighted by Gasteiger charge is -2.17. The van der Waals surface area contributed by atoms with Gasteiger partial charge in [0.1, 0.15) is 0 Å². The van der Waals surface area contributed by atoms with Gasteiger partial charge in [0.05, 0.1) is 11.7 Å². The van der Waals surface area contributed by atoms with Crippen LogP contribution in [0.1, 0.15) is 12.0 Å². The minimum Gasteiger partial charge on any atom is -0.354 e. The molecule has 0 aromatic heterocycles. The lowest BCUT2D eigenvalue weighted by atomic mass is 10.1. The Hall–Kier alpha value is -1.86. The molecular formula is C17H21N3O3S. The summed E-state index contributed by atoms with van der Waals surface area (Å²) in [6, 6.07) is 10.2. The number of imide groups is 1. The summed E-state index contributed by atoms with van der Waals surface area (Å²) >= 11 is 1.02. The monoisotopic (exact) mass is 347 g/mol. The Kier molecular flexibility index (Phi) is 5.52. The highest BCUT2D eigenvalue weighted by atomic mass is 32.2. The quantitative estimate of drug-likeness (QED) is 0.840. The predicted octanol–water partition coefficient (Wildman–Crippen LogP) is 1.32. The van der Waals surface area contributed by atoms with Crippen LogP contribution in [0.3, 0.4) is 0 Å². The molecule has 7 heteroatoms. The number of thioether (sulfide) groups is 1. The first kappa shape index (κ1) is 17.0. The smallest absolute Gasteiger partial charge is 0.288 e. The molecule has 6 nitrogen and oxygen atoms in total. The first-order chi connectivity index (χ1) is 11.6. The Morgan fingerprint density at radius 2 is 2.04 bits per heavy atom. The number of carbonyl (C=O) groups excluding carboxylic acids is 3. The predicted molar refractivity (Wildman–Crippen MR) is 92.4 cm³/mol. The van der Waals surface area contributed by atoms with Crippen LogP contribution in [0.25, 0.3) is 0 Å². The minimum atomic E-state index is -0.218. The zero-order valence-electron chi connectivity index (χ0n) is 13.4. The second-order valence-corrected chi connectivity index (χ2v) is 7.02. The van der Waals surface area contributed by atoms with Crippen LogP contribution in [0.4, 0.5) is 4.79 Å². The Bertz CT molecular complexity index is 607. The third-order valence-electron chi connectivity index (χ3n) is 4.37. The minimum absolute atomic E-state index is 0.0114. The number of rotatable bonds is 6. The molecule has 24 heavy (non-hydrogen) atoms. The van der Waals surface area contributed by atoms with Crippen molar-refractivity contribution in [3.8, 4) is 0 Å². The Morgan fingerprint density at radius 1 is 1.25 bits per heavy atom. The molecule has 0 saturated carbocycles. The van der Waals surface area contributed by atoms with E-state index in [1.807, 2.05) is 18.2 Å². The van der Waals surface area contributed by atoms with Crippen molar-refractivity contribution >= 4 is 28.8 Å². The number of amides is 3. The molecule has 2 fully saturated rings. The van der Waals surface area contributed by atoms with Crippen LogP contribution in [0.5, 0.6) is 0 Å². The van der Waals surface area contributed by atoms with E-state index in [2.05, 4.69) is 22.3 Å². The summed E-state index contributed by atoms with van der Waals surface area (Å²) in [5.74, 6) is 0.0312. The van der Waals surface area contributed by atoms with Gasteiger partial charge in [0.15, 0.2) is 0 Å². The molecule has 2 heterocycles. The molecule has 1 aromatic rings. The second-order valence-electron chi connectivity index (χ2n) is 6.10. The first-order valence-electron chi connectivity index (χ1n) is 8.14. The van der Waals surface area contributed by atoms with Crippen molar-refractivity contribution in [2.75, 3.05) is 31.9 Å². The summed E-state index contributed by atoms with van der Waals surface area (Å²) in [5.41, 5.74) is 1.25. The summed E-state index contributed by atoms with van der Waals surface area (Å²) in [4.78, 5) is 38.7. The van der Waals surface area contributed by atoms with E-state index in [1.54, 1.807) is 0 Å². The molecule has 2 saturated heterocycles. The number of benzene rings is 1. The van der Waals surface area contributed by atoms with Gasteiger partial charge in [-0.25, -0.2) is 0 Å². The van der Waals surface area contributed by atoms with E-state index in [1.165, 1.54) is 10.5 Å². The van der Waals surface area contributed by atoms with E-state index in [9.17, 15) is 14.4 Å². The Labute approximate surface area is 145 Å². The average molecular weight is 347 g/mol. The fourth-order valence-corrected chi connectivity index (χ4v) is 3.82. The maximum absolute atomic E-state index is 12.2. The van der Waals surface area contributed by atoms with Crippen molar-refractivity contribution in [2.24, 2.45) is 5.92 Å². The fourth-order valence-electron chi connectivity index (χ4n) is 3.06. The van der Waals surface area contributed by atoms with Gasteiger partial charge < -0.3 is 5.32 Å². The summed E-state index contributed by atoms with van der Waals surface area (Å²) in [7, 11) is 0. The molecule has 1 unspecified atom stereocenters. The number of nitrogens with one attached hydrogen (secondary N) is 1. The first-order valence-corrected chi connectivity index (χ1v) is 9.13.